The van der Waals surface area contributed by atoms with Crippen molar-refractivity contribution in [2.45, 2.75) is 25.4 Å². The number of thiophene rings is 1. The number of hydrogen-bond donors (Lipinski definition) is 1. The lowest BCUT2D eigenvalue weighted by atomic mass is 10.1. The van der Waals surface area contributed by atoms with Crippen LogP contribution in [0.2, 0.25) is 0 Å². The van der Waals surface area contributed by atoms with Gasteiger partial charge in [0.15, 0.2) is 5.16 Å². The molecular formula is C14H18N4O3S2. The van der Waals surface area contributed by atoms with Crippen LogP contribution in [-0.2, 0) is 23.0 Å². The zero-order chi connectivity index (χ0) is 17.0. The monoisotopic (exact) mass is 354 g/mol. The second-order valence-corrected chi connectivity index (χ2v) is 6.91. The van der Waals surface area contributed by atoms with Gasteiger partial charge in [0.2, 0.25) is 5.91 Å². The third kappa shape index (κ3) is 3.91. The van der Waals surface area contributed by atoms with Crippen molar-refractivity contribution in [3.63, 3.8) is 0 Å². The molecule has 0 radical (unpaired) electrons. The molecule has 1 amide bonds. The van der Waals surface area contributed by atoms with Gasteiger partial charge in [0.05, 0.1) is 18.4 Å². The predicted molar refractivity (Wildman–Crippen MR) is 90.1 cm³/mol. The highest BCUT2D eigenvalue weighted by Crippen LogP contribution is 2.34. The number of rotatable bonds is 6. The number of aryl methyl sites for hydroxylation is 2. The van der Waals surface area contributed by atoms with Crippen molar-refractivity contribution in [3.8, 4) is 0 Å². The number of carbonyl (C=O) groups excluding carboxylic acids is 2. The molecule has 0 saturated carbocycles. The molecule has 2 heterocycles. The van der Waals surface area contributed by atoms with Gasteiger partial charge in [0.25, 0.3) is 0 Å². The quantitative estimate of drug-likeness (QED) is 0.632. The fourth-order valence-electron chi connectivity index (χ4n) is 2.11. The molecule has 0 unspecified atom stereocenters. The van der Waals surface area contributed by atoms with Crippen LogP contribution in [0.3, 0.4) is 0 Å². The first-order valence-electron chi connectivity index (χ1n) is 6.95. The van der Waals surface area contributed by atoms with Crippen molar-refractivity contribution in [1.29, 1.82) is 0 Å². The summed E-state index contributed by atoms with van der Waals surface area (Å²) in [5.41, 5.74) is 1.37. The minimum Gasteiger partial charge on any atom is -0.465 e. The fraction of sp³-hybridized carbons (Fsp3) is 0.429. The number of aromatic nitrogens is 3. The Hall–Kier alpha value is -1.87. The maximum Gasteiger partial charge on any atom is 0.341 e. The second kappa shape index (κ2) is 7.60. The Bertz CT molecular complexity index is 724. The van der Waals surface area contributed by atoms with Crippen LogP contribution in [0.25, 0.3) is 0 Å². The van der Waals surface area contributed by atoms with Crippen LogP contribution >= 0.6 is 23.1 Å². The zero-order valence-corrected chi connectivity index (χ0v) is 15.0. The van der Waals surface area contributed by atoms with Crippen LogP contribution in [-0.4, -0.2) is 39.5 Å². The van der Waals surface area contributed by atoms with Gasteiger partial charge < -0.3 is 14.6 Å². The highest BCUT2D eigenvalue weighted by atomic mass is 32.2. The van der Waals surface area contributed by atoms with E-state index in [0.717, 1.165) is 10.4 Å². The van der Waals surface area contributed by atoms with Crippen LogP contribution in [0.15, 0.2) is 11.5 Å². The molecule has 23 heavy (non-hydrogen) atoms. The molecular weight excluding hydrogens is 336 g/mol. The van der Waals surface area contributed by atoms with E-state index < -0.39 is 5.97 Å². The number of thioether (sulfide) groups is 1. The number of nitrogens with one attached hydrogen (secondary N) is 1. The fourth-order valence-corrected chi connectivity index (χ4v) is 3.94. The van der Waals surface area contributed by atoms with Crippen molar-refractivity contribution < 1.29 is 14.3 Å². The Morgan fingerprint density at radius 3 is 2.78 bits per heavy atom. The molecule has 0 bridgehead atoms. The molecule has 7 nitrogen and oxygen atoms in total. The lowest BCUT2D eigenvalue weighted by Gasteiger charge is -2.06. The van der Waals surface area contributed by atoms with Gasteiger partial charge in [0, 0.05) is 11.9 Å². The van der Waals surface area contributed by atoms with Crippen LogP contribution in [0.1, 0.15) is 27.7 Å². The average Bonchev–Trinajstić information content (AvgIpc) is 3.07. The molecule has 124 valence electrons. The summed E-state index contributed by atoms with van der Waals surface area (Å²) in [5, 5.41) is 11.7. The average molecular weight is 354 g/mol. The van der Waals surface area contributed by atoms with Gasteiger partial charge in [-0.3, -0.25) is 4.79 Å². The number of anilines is 1. The van der Waals surface area contributed by atoms with Gasteiger partial charge in [-0.25, -0.2) is 4.79 Å². The van der Waals surface area contributed by atoms with E-state index in [1.54, 1.807) is 10.9 Å². The number of carbonyl (C=O) groups is 2. The van der Waals surface area contributed by atoms with Crippen LogP contribution in [0.4, 0.5) is 5.00 Å². The standard InChI is InChI=1S/C14H18N4O3S2/c1-5-9-8(2)23-12(11(9)13(20)21-4)16-10(19)6-22-14-17-15-7-18(14)3/h7H,5-6H2,1-4H3,(H,16,19). The molecule has 0 aromatic carbocycles. The molecule has 0 aliphatic heterocycles. The minimum atomic E-state index is -0.428. The van der Waals surface area contributed by atoms with Gasteiger partial charge in [-0.1, -0.05) is 18.7 Å². The van der Waals surface area contributed by atoms with Gasteiger partial charge in [0.1, 0.15) is 11.3 Å². The normalized spacial score (nSPS) is 10.6. The third-order valence-electron chi connectivity index (χ3n) is 3.21. The second-order valence-electron chi connectivity index (χ2n) is 4.75. The molecule has 0 aliphatic carbocycles. The van der Waals surface area contributed by atoms with E-state index >= 15 is 0 Å². The topological polar surface area (TPSA) is 86.1 Å². The first kappa shape index (κ1) is 17.5. The van der Waals surface area contributed by atoms with Crippen molar-refractivity contribution in [3.05, 3.63) is 22.3 Å². The van der Waals surface area contributed by atoms with Crippen molar-refractivity contribution in [2.24, 2.45) is 7.05 Å². The molecule has 2 aromatic heterocycles. The Labute approximate surface area is 142 Å². The largest absolute Gasteiger partial charge is 0.465 e. The summed E-state index contributed by atoms with van der Waals surface area (Å²) < 4.78 is 6.58. The predicted octanol–water partition coefficient (Wildman–Crippen LogP) is 2.26. The molecule has 0 fully saturated rings. The van der Waals surface area contributed by atoms with E-state index in [0.29, 0.717) is 22.1 Å². The van der Waals surface area contributed by atoms with E-state index in [9.17, 15) is 9.59 Å². The highest BCUT2D eigenvalue weighted by molar-refractivity contribution is 7.99. The molecule has 0 aliphatic rings. The summed E-state index contributed by atoms with van der Waals surface area (Å²) >= 11 is 2.67. The van der Waals surface area contributed by atoms with Gasteiger partial charge >= 0.3 is 5.97 Å². The van der Waals surface area contributed by atoms with Crippen molar-refractivity contribution >= 4 is 40.0 Å². The number of esters is 1. The Morgan fingerprint density at radius 2 is 2.22 bits per heavy atom. The summed E-state index contributed by atoms with van der Waals surface area (Å²) in [4.78, 5) is 25.2. The van der Waals surface area contributed by atoms with E-state index in [-0.39, 0.29) is 11.7 Å². The summed E-state index contributed by atoms with van der Waals surface area (Å²) in [5.74, 6) is -0.444. The molecule has 0 atom stereocenters. The zero-order valence-electron chi connectivity index (χ0n) is 13.4. The number of methoxy groups -OCH3 is 1. The van der Waals surface area contributed by atoms with Crippen molar-refractivity contribution in [2.75, 3.05) is 18.2 Å². The molecule has 2 rings (SSSR count). The third-order valence-corrected chi connectivity index (χ3v) is 5.30. The Morgan fingerprint density at radius 1 is 1.48 bits per heavy atom. The minimum absolute atomic E-state index is 0.186. The summed E-state index contributed by atoms with van der Waals surface area (Å²) in [6.45, 7) is 3.90. The van der Waals surface area contributed by atoms with Crippen molar-refractivity contribution in [1.82, 2.24) is 14.8 Å². The maximum atomic E-state index is 12.2. The van der Waals surface area contributed by atoms with E-state index in [2.05, 4.69) is 15.5 Å². The van der Waals surface area contributed by atoms with E-state index in [1.807, 2.05) is 20.9 Å². The lowest BCUT2D eigenvalue weighted by Crippen LogP contribution is -2.16. The maximum absolute atomic E-state index is 12.2. The van der Waals surface area contributed by atoms with Crippen LogP contribution in [0.5, 0.6) is 0 Å². The van der Waals surface area contributed by atoms with Crippen LogP contribution in [0, 0.1) is 6.92 Å². The molecule has 9 heteroatoms. The molecule has 1 N–H and O–H groups in total. The molecule has 0 saturated heterocycles. The molecule has 2 aromatic rings. The van der Waals surface area contributed by atoms with E-state index in [1.165, 1.54) is 30.2 Å². The number of hydrogen-bond acceptors (Lipinski definition) is 7. The summed E-state index contributed by atoms with van der Waals surface area (Å²) in [7, 11) is 3.15. The van der Waals surface area contributed by atoms with Gasteiger partial charge in [-0.2, -0.15) is 0 Å². The first-order valence-corrected chi connectivity index (χ1v) is 8.75. The van der Waals surface area contributed by atoms with Gasteiger partial charge in [-0.05, 0) is 18.9 Å². The lowest BCUT2D eigenvalue weighted by molar-refractivity contribution is -0.113. The summed E-state index contributed by atoms with van der Waals surface area (Å²) in [6.07, 6.45) is 2.28. The molecule has 0 spiro atoms. The summed E-state index contributed by atoms with van der Waals surface area (Å²) in [6, 6.07) is 0. The number of nitrogens with zero attached hydrogens (tertiary/aromatic N) is 3. The van der Waals surface area contributed by atoms with Crippen LogP contribution < -0.4 is 5.32 Å². The highest BCUT2D eigenvalue weighted by Gasteiger charge is 2.23. The Kier molecular flexibility index (Phi) is 5.78. The number of ether oxygens (including phenoxy) is 1. The smallest absolute Gasteiger partial charge is 0.341 e. The van der Waals surface area contributed by atoms with E-state index in [4.69, 9.17) is 4.74 Å². The Balaban J connectivity index is 2.11. The SMILES string of the molecule is CCc1c(C)sc(NC(=O)CSc2nncn2C)c1C(=O)OC. The number of amides is 1. The first-order chi connectivity index (χ1) is 11.0. The van der Waals surface area contributed by atoms with Gasteiger partial charge in [-0.15, -0.1) is 21.5 Å².